The van der Waals surface area contributed by atoms with E-state index in [2.05, 4.69) is 10.3 Å². The second kappa shape index (κ2) is 7.69. The molecule has 0 aliphatic carbocycles. The van der Waals surface area contributed by atoms with Crippen molar-refractivity contribution in [1.82, 2.24) is 14.3 Å². The van der Waals surface area contributed by atoms with Crippen molar-refractivity contribution in [1.29, 1.82) is 0 Å². The first-order valence-electron chi connectivity index (χ1n) is 8.31. The van der Waals surface area contributed by atoms with Crippen molar-refractivity contribution in [2.45, 2.75) is 6.04 Å². The molecule has 0 bridgehead atoms. The summed E-state index contributed by atoms with van der Waals surface area (Å²) in [4.78, 5) is 28.8. The van der Waals surface area contributed by atoms with Gasteiger partial charge in [0.25, 0.3) is 0 Å². The van der Waals surface area contributed by atoms with Crippen molar-refractivity contribution in [3.63, 3.8) is 0 Å². The zero-order chi connectivity index (χ0) is 20.4. The lowest BCUT2D eigenvalue weighted by Crippen LogP contribution is -2.30. The molecule has 28 heavy (non-hydrogen) atoms. The number of hydrogen-bond donors (Lipinski definition) is 1. The zero-order valence-corrected chi connectivity index (χ0v) is 15.1. The highest BCUT2D eigenvalue weighted by Gasteiger charge is 2.26. The molecule has 8 nitrogen and oxygen atoms in total. The molecule has 0 amide bonds. The van der Waals surface area contributed by atoms with Crippen molar-refractivity contribution in [2.24, 2.45) is 0 Å². The first-order valence-corrected chi connectivity index (χ1v) is 8.31. The molecule has 2 heterocycles. The lowest BCUT2D eigenvalue weighted by Gasteiger charge is -2.26. The third-order valence-electron chi connectivity index (χ3n) is 4.31. The summed E-state index contributed by atoms with van der Waals surface area (Å²) < 4.78 is 29.4. The van der Waals surface area contributed by atoms with Gasteiger partial charge in [0.2, 0.25) is 5.82 Å². The molecular formula is C18H17F2N5O3. The average molecular weight is 389 g/mol. The van der Waals surface area contributed by atoms with Crippen molar-refractivity contribution >= 4 is 17.2 Å². The van der Waals surface area contributed by atoms with Crippen LogP contribution in [0.15, 0.2) is 47.4 Å². The Kier molecular flexibility index (Phi) is 5.32. The molecule has 146 valence electrons. The van der Waals surface area contributed by atoms with Crippen LogP contribution in [0.5, 0.6) is 0 Å². The van der Waals surface area contributed by atoms with Crippen LogP contribution in [0.1, 0.15) is 11.6 Å². The summed E-state index contributed by atoms with van der Waals surface area (Å²) in [6.07, 6.45) is 1.37. The van der Waals surface area contributed by atoms with Gasteiger partial charge in [0.15, 0.2) is 0 Å². The Morgan fingerprint density at radius 2 is 1.89 bits per heavy atom. The van der Waals surface area contributed by atoms with Gasteiger partial charge in [-0.3, -0.25) is 19.3 Å². The standard InChI is InChI=1S/C18H17F2N5O3/c1-23(2)13(15-11(19)6-5-7-12(15)20)10-21-17-16(25(27)28)18(26)24-9-4-3-8-14(24)22-17/h3-9,13,21H,10H2,1-2H3. The van der Waals surface area contributed by atoms with E-state index < -0.39 is 33.8 Å². The van der Waals surface area contributed by atoms with E-state index in [1.54, 1.807) is 31.1 Å². The number of benzene rings is 1. The molecule has 0 fully saturated rings. The molecule has 2 aromatic heterocycles. The number of nitrogens with zero attached hydrogens (tertiary/aromatic N) is 4. The lowest BCUT2D eigenvalue weighted by molar-refractivity contribution is -0.385. The number of pyridine rings is 1. The van der Waals surface area contributed by atoms with E-state index in [0.717, 1.165) is 16.5 Å². The Balaban J connectivity index is 2.03. The summed E-state index contributed by atoms with van der Waals surface area (Å²) in [6.45, 7) is -0.110. The Hall–Kier alpha value is -3.40. The van der Waals surface area contributed by atoms with Crippen LogP contribution in [0, 0.1) is 21.7 Å². The fourth-order valence-electron chi connectivity index (χ4n) is 2.93. The smallest absolute Gasteiger partial charge is 0.362 e. The van der Waals surface area contributed by atoms with Gasteiger partial charge in [0.05, 0.1) is 11.0 Å². The minimum atomic E-state index is -0.850. The first kappa shape index (κ1) is 19.4. The summed E-state index contributed by atoms with van der Waals surface area (Å²) in [5, 5.41) is 14.1. The van der Waals surface area contributed by atoms with Gasteiger partial charge in [0.1, 0.15) is 17.3 Å². The number of anilines is 1. The molecule has 0 spiro atoms. The molecule has 3 rings (SSSR count). The highest BCUT2D eigenvalue weighted by molar-refractivity contribution is 5.60. The fraction of sp³-hybridized carbons (Fsp3) is 0.222. The van der Waals surface area contributed by atoms with Crippen LogP contribution < -0.4 is 10.9 Å². The van der Waals surface area contributed by atoms with E-state index in [-0.39, 0.29) is 23.6 Å². The minimum absolute atomic E-state index is 0.110. The van der Waals surface area contributed by atoms with Gasteiger partial charge in [-0.15, -0.1) is 0 Å². The highest BCUT2D eigenvalue weighted by Crippen LogP contribution is 2.26. The van der Waals surface area contributed by atoms with Gasteiger partial charge in [0, 0.05) is 18.3 Å². The number of halogens is 2. The summed E-state index contributed by atoms with van der Waals surface area (Å²) in [7, 11) is 3.24. The number of likely N-dealkylation sites (N-methyl/N-ethyl adjacent to an activating group) is 1. The number of nitrogens with one attached hydrogen (secondary N) is 1. The molecule has 0 saturated heterocycles. The first-order chi connectivity index (χ1) is 13.3. The van der Waals surface area contributed by atoms with Gasteiger partial charge >= 0.3 is 11.2 Å². The van der Waals surface area contributed by atoms with Gasteiger partial charge in [-0.25, -0.2) is 13.8 Å². The van der Waals surface area contributed by atoms with Crippen molar-refractivity contribution in [3.8, 4) is 0 Å². The summed E-state index contributed by atoms with van der Waals surface area (Å²) in [5.74, 6) is -1.73. The largest absolute Gasteiger partial charge is 0.376 e. The van der Waals surface area contributed by atoms with Crippen LogP contribution in [-0.2, 0) is 0 Å². The maximum absolute atomic E-state index is 14.2. The number of aromatic nitrogens is 2. The Labute approximate surface area is 158 Å². The average Bonchev–Trinajstić information content (AvgIpc) is 2.63. The molecule has 0 radical (unpaired) electrons. The highest BCUT2D eigenvalue weighted by atomic mass is 19.1. The molecule has 0 aliphatic heterocycles. The summed E-state index contributed by atoms with van der Waals surface area (Å²) >= 11 is 0. The predicted molar refractivity (Wildman–Crippen MR) is 99.4 cm³/mol. The number of rotatable bonds is 6. The molecule has 0 saturated carbocycles. The van der Waals surface area contributed by atoms with Crippen LogP contribution in [0.25, 0.3) is 5.65 Å². The molecule has 10 heteroatoms. The Morgan fingerprint density at radius 1 is 1.21 bits per heavy atom. The maximum atomic E-state index is 14.2. The van der Waals surface area contributed by atoms with Gasteiger partial charge in [-0.2, -0.15) is 0 Å². The molecule has 1 atom stereocenters. The predicted octanol–water partition coefficient (Wildman–Crippen LogP) is 2.60. The van der Waals surface area contributed by atoms with Crippen molar-refractivity contribution in [2.75, 3.05) is 26.0 Å². The van der Waals surface area contributed by atoms with E-state index in [4.69, 9.17) is 0 Å². The van der Waals surface area contributed by atoms with Crippen LogP contribution in [0.2, 0.25) is 0 Å². The van der Waals surface area contributed by atoms with Gasteiger partial charge in [-0.05, 0) is 38.4 Å². The SMILES string of the molecule is CN(C)C(CNc1nc2ccccn2c(=O)c1[N+](=O)[O-])c1c(F)cccc1F. The normalized spacial score (nSPS) is 12.3. The van der Waals surface area contributed by atoms with Gasteiger partial charge < -0.3 is 10.2 Å². The molecule has 1 N–H and O–H groups in total. The molecule has 0 aliphatic rings. The number of hydrogen-bond acceptors (Lipinski definition) is 6. The topological polar surface area (TPSA) is 92.8 Å². The minimum Gasteiger partial charge on any atom is -0.362 e. The summed E-state index contributed by atoms with van der Waals surface area (Å²) in [5.41, 5.74) is -1.56. The van der Waals surface area contributed by atoms with Crippen LogP contribution in [0.3, 0.4) is 0 Å². The van der Waals surface area contributed by atoms with E-state index in [0.29, 0.717) is 0 Å². The maximum Gasteiger partial charge on any atom is 0.376 e. The van der Waals surface area contributed by atoms with E-state index in [1.165, 1.54) is 18.3 Å². The molecule has 1 aromatic carbocycles. The Morgan fingerprint density at radius 3 is 2.50 bits per heavy atom. The van der Waals surface area contributed by atoms with E-state index >= 15 is 0 Å². The number of nitro groups is 1. The molecule has 3 aromatic rings. The van der Waals surface area contributed by atoms with E-state index in [9.17, 15) is 23.7 Å². The zero-order valence-electron chi connectivity index (χ0n) is 15.1. The molecular weight excluding hydrogens is 372 g/mol. The molecule has 1 unspecified atom stereocenters. The lowest BCUT2D eigenvalue weighted by atomic mass is 10.0. The second-order valence-electron chi connectivity index (χ2n) is 6.30. The van der Waals surface area contributed by atoms with Crippen molar-refractivity contribution < 1.29 is 13.7 Å². The monoisotopic (exact) mass is 389 g/mol. The third-order valence-corrected chi connectivity index (χ3v) is 4.31. The fourth-order valence-corrected chi connectivity index (χ4v) is 2.93. The summed E-state index contributed by atoms with van der Waals surface area (Å²) in [6, 6.07) is 7.44. The quantitative estimate of drug-likeness (QED) is 0.515. The Bertz CT molecular complexity index is 1080. The van der Waals surface area contributed by atoms with Crippen LogP contribution in [0.4, 0.5) is 20.3 Å². The van der Waals surface area contributed by atoms with E-state index in [1.807, 2.05) is 0 Å². The third kappa shape index (κ3) is 3.54. The van der Waals surface area contributed by atoms with Crippen molar-refractivity contribution in [3.05, 3.63) is 80.3 Å². The number of fused-ring (bicyclic) bond motifs is 1. The van der Waals surface area contributed by atoms with Gasteiger partial charge in [-0.1, -0.05) is 12.1 Å². The van der Waals surface area contributed by atoms with Crippen LogP contribution in [-0.4, -0.2) is 39.8 Å². The second-order valence-corrected chi connectivity index (χ2v) is 6.30. The van der Waals surface area contributed by atoms with Crippen LogP contribution >= 0.6 is 0 Å².